The standard InChI is InChI=1S/C15H13N3S2/c16-15(19)18-11-6-2-1-5-10(11)13-9-20-14-8-4-3-7-12(14)17-13/h1-8H,9H2,(H3,16,18,19). The average molecular weight is 299 g/mol. The van der Waals surface area contributed by atoms with Crippen LogP contribution in [-0.2, 0) is 0 Å². The molecule has 0 bridgehead atoms. The lowest BCUT2D eigenvalue weighted by Crippen LogP contribution is -2.21. The minimum atomic E-state index is 0.266. The number of hydrogen-bond donors (Lipinski definition) is 2. The molecule has 0 aliphatic carbocycles. The molecule has 0 saturated heterocycles. The maximum absolute atomic E-state index is 5.57. The summed E-state index contributed by atoms with van der Waals surface area (Å²) in [5.41, 5.74) is 9.57. The molecule has 1 aliphatic rings. The lowest BCUT2D eigenvalue weighted by Gasteiger charge is -2.17. The highest BCUT2D eigenvalue weighted by Crippen LogP contribution is 2.35. The van der Waals surface area contributed by atoms with E-state index in [0.29, 0.717) is 0 Å². The van der Waals surface area contributed by atoms with Gasteiger partial charge >= 0.3 is 0 Å². The van der Waals surface area contributed by atoms with Crippen LogP contribution in [0.5, 0.6) is 0 Å². The number of nitrogens with zero attached hydrogens (tertiary/aromatic N) is 1. The van der Waals surface area contributed by atoms with Crippen molar-refractivity contribution in [3.05, 3.63) is 54.1 Å². The summed E-state index contributed by atoms with van der Waals surface area (Å²) in [7, 11) is 0. The molecule has 1 heterocycles. The number of para-hydroxylation sites is 2. The van der Waals surface area contributed by atoms with Crippen molar-refractivity contribution in [1.82, 2.24) is 0 Å². The summed E-state index contributed by atoms with van der Waals surface area (Å²) in [6, 6.07) is 16.1. The molecule has 0 atom stereocenters. The van der Waals surface area contributed by atoms with Crippen LogP contribution in [0.4, 0.5) is 11.4 Å². The number of nitrogens with two attached hydrogens (primary N) is 1. The molecule has 0 fully saturated rings. The minimum absolute atomic E-state index is 0.266. The second-order valence-electron chi connectivity index (χ2n) is 4.35. The smallest absolute Gasteiger partial charge is 0.168 e. The first-order chi connectivity index (χ1) is 9.74. The van der Waals surface area contributed by atoms with Crippen molar-refractivity contribution >= 4 is 46.2 Å². The zero-order valence-electron chi connectivity index (χ0n) is 10.7. The summed E-state index contributed by atoms with van der Waals surface area (Å²) in [6.07, 6.45) is 0. The highest BCUT2D eigenvalue weighted by atomic mass is 32.2. The van der Waals surface area contributed by atoms with Crippen molar-refractivity contribution in [3.8, 4) is 0 Å². The van der Waals surface area contributed by atoms with Crippen LogP contribution < -0.4 is 11.1 Å². The summed E-state index contributed by atoms with van der Waals surface area (Å²) in [6.45, 7) is 0. The van der Waals surface area contributed by atoms with Crippen LogP contribution in [0.3, 0.4) is 0 Å². The maximum Gasteiger partial charge on any atom is 0.168 e. The Labute approximate surface area is 127 Å². The molecule has 3 rings (SSSR count). The lowest BCUT2D eigenvalue weighted by molar-refractivity contribution is 1.34. The zero-order chi connectivity index (χ0) is 13.9. The highest BCUT2D eigenvalue weighted by molar-refractivity contribution is 8.00. The van der Waals surface area contributed by atoms with Crippen LogP contribution in [0.15, 0.2) is 58.4 Å². The van der Waals surface area contributed by atoms with Gasteiger partial charge in [0.2, 0.25) is 0 Å². The molecule has 2 aromatic carbocycles. The van der Waals surface area contributed by atoms with Crippen molar-refractivity contribution < 1.29 is 0 Å². The molecule has 20 heavy (non-hydrogen) atoms. The molecule has 1 aliphatic heterocycles. The van der Waals surface area contributed by atoms with E-state index in [9.17, 15) is 0 Å². The first-order valence-electron chi connectivity index (χ1n) is 6.19. The number of hydrogen-bond acceptors (Lipinski definition) is 3. The van der Waals surface area contributed by atoms with Gasteiger partial charge in [-0.05, 0) is 30.4 Å². The number of aliphatic imine (C=N–C) groups is 1. The molecule has 0 amide bonds. The monoisotopic (exact) mass is 299 g/mol. The van der Waals surface area contributed by atoms with Crippen LogP contribution in [0.1, 0.15) is 5.56 Å². The van der Waals surface area contributed by atoms with Gasteiger partial charge < -0.3 is 11.1 Å². The lowest BCUT2D eigenvalue weighted by atomic mass is 10.1. The second-order valence-corrected chi connectivity index (χ2v) is 5.81. The van der Waals surface area contributed by atoms with E-state index in [2.05, 4.69) is 11.4 Å². The molecule has 2 aromatic rings. The van der Waals surface area contributed by atoms with Crippen LogP contribution in [0, 0.1) is 0 Å². The minimum Gasteiger partial charge on any atom is -0.376 e. The van der Waals surface area contributed by atoms with Gasteiger partial charge in [0.15, 0.2) is 5.11 Å². The Bertz CT molecular complexity index is 695. The Morgan fingerprint density at radius 2 is 1.90 bits per heavy atom. The molecule has 0 aromatic heterocycles. The van der Waals surface area contributed by atoms with E-state index in [4.69, 9.17) is 22.9 Å². The summed E-state index contributed by atoms with van der Waals surface area (Å²) in [4.78, 5) is 5.97. The van der Waals surface area contributed by atoms with E-state index >= 15 is 0 Å². The number of thioether (sulfide) groups is 1. The van der Waals surface area contributed by atoms with Crippen LogP contribution in [0.2, 0.25) is 0 Å². The zero-order valence-corrected chi connectivity index (χ0v) is 12.3. The van der Waals surface area contributed by atoms with Crippen molar-refractivity contribution in [2.24, 2.45) is 10.7 Å². The Morgan fingerprint density at radius 1 is 1.15 bits per heavy atom. The fourth-order valence-corrected chi connectivity index (χ4v) is 3.17. The molecular weight excluding hydrogens is 286 g/mol. The molecule has 0 unspecified atom stereocenters. The number of fused-ring (bicyclic) bond motifs is 1. The molecule has 3 N–H and O–H groups in total. The summed E-state index contributed by atoms with van der Waals surface area (Å²) in [5.74, 6) is 0.840. The number of thiocarbonyl (C=S) groups is 1. The molecule has 100 valence electrons. The summed E-state index contributed by atoms with van der Waals surface area (Å²) in [5, 5.41) is 3.28. The maximum atomic E-state index is 5.57. The average Bonchev–Trinajstić information content (AvgIpc) is 2.47. The molecule has 3 nitrogen and oxygen atoms in total. The van der Waals surface area contributed by atoms with E-state index in [1.807, 2.05) is 42.5 Å². The predicted molar refractivity (Wildman–Crippen MR) is 90.2 cm³/mol. The van der Waals surface area contributed by atoms with Gasteiger partial charge in [-0.15, -0.1) is 11.8 Å². The molecular formula is C15H13N3S2. The van der Waals surface area contributed by atoms with E-state index < -0.39 is 0 Å². The Kier molecular flexibility index (Phi) is 3.71. The third-order valence-corrected chi connectivity index (χ3v) is 4.16. The number of rotatable bonds is 2. The number of anilines is 1. The normalized spacial score (nSPS) is 13.3. The van der Waals surface area contributed by atoms with Gasteiger partial charge in [-0.3, -0.25) is 4.99 Å². The Balaban J connectivity index is 2.02. The van der Waals surface area contributed by atoms with E-state index in [0.717, 1.165) is 28.4 Å². The Morgan fingerprint density at radius 3 is 2.75 bits per heavy atom. The van der Waals surface area contributed by atoms with Gasteiger partial charge in [-0.2, -0.15) is 0 Å². The quantitative estimate of drug-likeness (QED) is 0.832. The van der Waals surface area contributed by atoms with Crippen molar-refractivity contribution in [2.75, 3.05) is 11.1 Å². The molecule has 0 spiro atoms. The first-order valence-corrected chi connectivity index (χ1v) is 7.58. The topological polar surface area (TPSA) is 50.4 Å². The molecule has 0 radical (unpaired) electrons. The highest BCUT2D eigenvalue weighted by Gasteiger charge is 2.16. The third kappa shape index (κ3) is 2.69. The van der Waals surface area contributed by atoms with Gasteiger partial charge in [0.25, 0.3) is 0 Å². The fraction of sp³-hybridized carbons (Fsp3) is 0.0667. The van der Waals surface area contributed by atoms with E-state index in [1.165, 1.54) is 4.90 Å². The van der Waals surface area contributed by atoms with Gasteiger partial charge in [-0.1, -0.05) is 30.3 Å². The summed E-state index contributed by atoms with van der Waals surface area (Å²) < 4.78 is 0. The third-order valence-electron chi connectivity index (χ3n) is 2.98. The van der Waals surface area contributed by atoms with Gasteiger partial charge in [0, 0.05) is 21.9 Å². The van der Waals surface area contributed by atoms with Crippen molar-refractivity contribution in [2.45, 2.75) is 4.90 Å². The van der Waals surface area contributed by atoms with Gasteiger partial charge in [0.1, 0.15) is 0 Å². The molecule has 5 heteroatoms. The van der Waals surface area contributed by atoms with Crippen molar-refractivity contribution in [3.63, 3.8) is 0 Å². The summed E-state index contributed by atoms with van der Waals surface area (Å²) >= 11 is 6.72. The Hall–Kier alpha value is -1.85. The van der Waals surface area contributed by atoms with E-state index in [1.54, 1.807) is 11.8 Å². The number of nitrogens with one attached hydrogen (secondary N) is 1. The van der Waals surface area contributed by atoms with Crippen LogP contribution in [0.25, 0.3) is 0 Å². The SMILES string of the molecule is NC(=S)Nc1ccccc1C1=Nc2ccccc2SC1. The first kappa shape index (κ1) is 13.1. The predicted octanol–water partition coefficient (Wildman–Crippen LogP) is 3.57. The second kappa shape index (κ2) is 5.64. The van der Waals surface area contributed by atoms with E-state index in [-0.39, 0.29) is 5.11 Å². The molecule has 0 saturated carbocycles. The van der Waals surface area contributed by atoms with Crippen molar-refractivity contribution in [1.29, 1.82) is 0 Å². The van der Waals surface area contributed by atoms with Gasteiger partial charge in [0.05, 0.1) is 11.4 Å². The number of benzene rings is 2. The van der Waals surface area contributed by atoms with Crippen LogP contribution >= 0.6 is 24.0 Å². The fourth-order valence-electron chi connectivity index (χ4n) is 2.11. The van der Waals surface area contributed by atoms with Gasteiger partial charge in [-0.25, -0.2) is 0 Å². The van der Waals surface area contributed by atoms with Crippen LogP contribution in [-0.4, -0.2) is 16.6 Å². The largest absolute Gasteiger partial charge is 0.376 e.